The van der Waals surface area contributed by atoms with Gasteiger partial charge in [-0.2, -0.15) is 0 Å². The summed E-state index contributed by atoms with van der Waals surface area (Å²) in [5, 5.41) is 11.7. The summed E-state index contributed by atoms with van der Waals surface area (Å²) in [6.07, 6.45) is 1.96. The van der Waals surface area contributed by atoms with Gasteiger partial charge in [0.15, 0.2) is 0 Å². The van der Waals surface area contributed by atoms with Crippen LogP contribution < -0.4 is 10.2 Å². The Morgan fingerprint density at radius 3 is 2.67 bits per heavy atom. The van der Waals surface area contributed by atoms with Crippen LogP contribution in [0.1, 0.15) is 38.7 Å². The maximum Gasteiger partial charge on any atom is 0.326 e. The maximum absolute atomic E-state index is 12.4. The van der Waals surface area contributed by atoms with Gasteiger partial charge in [0.25, 0.3) is 0 Å². The van der Waals surface area contributed by atoms with Crippen molar-refractivity contribution in [1.82, 2.24) is 5.32 Å². The van der Waals surface area contributed by atoms with Gasteiger partial charge in [-0.25, -0.2) is 4.79 Å². The summed E-state index contributed by atoms with van der Waals surface area (Å²) in [4.78, 5) is 37.5. The van der Waals surface area contributed by atoms with Crippen molar-refractivity contribution in [3.8, 4) is 0 Å². The molecule has 1 fully saturated rings. The molecule has 0 aliphatic carbocycles. The third kappa shape index (κ3) is 3.93. The lowest BCUT2D eigenvalue weighted by molar-refractivity contribution is -0.142. The highest BCUT2D eigenvalue weighted by Crippen LogP contribution is 2.28. The number of carbonyl (C=O) groups excluding carboxylic acids is 2. The molecule has 2 amide bonds. The van der Waals surface area contributed by atoms with E-state index in [4.69, 9.17) is 5.11 Å². The predicted molar refractivity (Wildman–Crippen MR) is 90.8 cm³/mol. The van der Waals surface area contributed by atoms with E-state index in [1.807, 2.05) is 38.1 Å². The van der Waals surface area contributed by atoms with Crippen LogP contribution in [0.3, 0.4) is 0 Å². The van der Waals surface area contributed by atoms with Crippen LogP contribution in [-0.2, 0) is 20.8 Å². The van der Waals surface area contributed by atoms with Crippen LogP contribution in [-0.4, -0.2) is 35.5 Å². The SMILES string of the molecule is CCCC(NC(=O)C1CC(=O)N(c2ccccc2CC)C1)C(=O)O. The van der Waals surface area contributed by atoms with Crippen molar-refractivity contribution >= 4 is 23.5 Å². The Bertz CT molecular complexity index is 629. The molecule has 6 heteroatoms. The minimum absolute atomic E-state index is 0.0987. The van der Waals surface area contributed by atoms with Gasteiger partial charge in [0.2, 0.25) is 11.8 Å². The van der Waals surface area contributed by atoms with Gasteiger partial charge in [-0.3, -0.25) is 9.59 Å². The number of para-hydroxylation sites is 1. The summed E-state index contributed by atoms with van der Waals surface area (Å²) < 4.78 is 0. The van der Waals surface area contributed by atoms with Crippen LogP contribution in [0.4, 0.5) is 5.69 Å². The van der Waals surface area contributed by atoms with Crippen LogP contribution in [0, 0.1) is 5.92 Å². The van der Waals surface area contributed by atoms with Crippen molar-refractivity contribution in [1.29, 1.82) is 0 Å². The molecule has 0 saturated carbocycles. The number of aryl methyl sites for hydroxylation is 1. The number of amides is 2. The number of aliphatic carboxylic acids is 1. The highest BCUT2D eigenvalue weighted by Gasteiger charge is 2.36. The molecule has 2 atom stereocenters. The number of nitrogens with zero attached hydrogens (tertiary/aromatic N) is 1. The molecule has 0 spiro atoms. The Kier molecular flexibility index (Phi) is 5.95. The van der Waals surface area contributed by atoms with Crippen LogP contribution >= 0.6 is 0 Å². The number of nitrogens with one attached hydrogen (secondary N) is 1. The lowest BCUT2D eigenvalue weighted by atomic mass is 10.1. The van der Waals surface area contributed by atoms with E-state index in [2.05, 4.69) is 5.32 Å². The molecule has 2 rings (SSSR count). The average Bonchev–Trinajstić information content (AvgIpc) is 2.96. The van der Waals surface area contributed by atoms with Gasteiger partial charge in [0.1, 0.15) is 6.04 Å². The lowest BCUT2D eigenvalue weighted by Gasteiger charge is -2.20. The molecule has 1 aliphatic heterocycles. The van der Waals surface area contributed by atoms with Gasteiger partial charge in [-0.15, -0.1) is 0 Å². The molecule has 24 heavy (non-hydrogen) atoms. The van der Waals surface area contributed by atoms with Crippen LogP contribution in [0.25, 0.3) is 0 Å². The van der Waals surface area contributed by atoms with Gasteiger partial charge in [-0.1, -0.05) is 38.5 Å². The fourth-order valence-electron chi connectivity index (χ4n) is 3.02. The summed E-state index contributed by atoms with van der Waals surface area (Å²) in [7, 11) is 0. The van der Waals surface area contributed by atoms with Crippen LogP contribution in [0.15, 0.2) is 24.3 Å². The number of anilines is 1. The van der Waals surface area contributed by atoms with Gasteiger partial charge in [0.05, 0.1) is 5.92 Å². The molecule has 0 radical (unpaired) electrons. The molecule has 2 unspecified atom stereocenters. The number of benzene rings is 1. The van der Waals surface area contributed by atoms with E-state index in [9.17, 15) is 14.4 Å². The van der Waals surface area contributed by atoms with E-state index in [0.29, 0.717) is 19.4 Å². The zero-order valence-corrected chi connectivity index (χ0v) is 14.1. The van der Waals surface area contributed by atoms with E-state index in [-0.39, 0.29) is 18.2 Å². The quantitative estimate of drug-likeness (QED) is 0.799. The summed E-state index contributed by atoms with van der Waals surface area (Å²) >= 11 is 0. The molecule has 6 nitrogen and oxygen atoms in total. The van der Waals surface area contributed by atoms with Gasteiger partial charge in [-0.05, 0) is 24.5 Å². The Balaban J connectivity index is 2.08. The lowest BCUT2D eigenvalue weighted by Crippen LogP contribution is -2.44. The first-order valence-corrected chi connectivity index (χ1v) is 8.39. The van der Waals surface area contributed by atoms with E-state index < -0.39 is 17.9 Å². The summed E-state index contributed by atoms with van der Waals surface area (Å²) in [5.74, 6) is -2.01. The minimum atomic E-state index is -1.04. The summed E-state index contributed by atoms with van der Waals surface area (Å²) in [6.45, 7) is 4.18. The standard InChI is InChI=1S/C18H24N2O4/c1-3-7-14(18(23)24)19-17(22)13-10-16(21)20(11-13)15-9-6-5-8-12(15)4-2/h5-6,8-9,13-14H,3-4,7,10-11H2,1-2H3,(H,19,22)(H,23,24). The average molecular weight is 332 g/mol. The Morgan fingerprint density at radius 1 is 1.33 bits per heavy atom. The Labute approximate surface area is 141 Å². The molecule has 1 aromatic carbocycles. The first-order chi connectivity index (χ1) is 11.5. The smallest absolute Gasteiger partial charge is 0.326 e. The second-order valence-electron chi connectivity index (χ2n) is 6.08. The predicted octanol–water partition coefficient (Wildman–Crippen LogP) is 1.97. The fourth-order valence-corrected chi connectivity index (χ4v) is 3.02. The third-order valence-electron chi connectivity index (χ3n) is 4.35. The third-order valence-corrected chi connectivity index (χ3v) is 4.35. The number of hydrogen-bond donors (Lipinski definition) is 2. The van der Waals surface area contributed by atoms with Crippen molar-refractivity contribution in [2.45, 2.75) is 45.6 Å². The van der Waals surface area contributed by atoms with Gasteiger partial charge in [0, 0.05) is 18.7 Å². The number of carbonyl (C=O) groups is 3. The number of carboxylic acids is 1. The van der Waals surface area contributed by atoms with Gasteiger partial charge >= 0.3 is 5.97 Å². The second-order valence-corrected chi connectivity index (χ2v) is 6.08. The Morgan fingerprint density at radius 2 is 2.04 bits per heavy atom. The topological polar surface area (TPSA) is 86.7 Å². The van der Waals surface area contributed by atoms with Crippen molar-refractivity contribution in [2.75, 3.05) is 11.4 Å². The van der Waals surface area contributed by atoms with E-state index in [1.165, 1.54) is 0 Å². The van der Waals surface area contributed by atoms with Crippen LogP contribution in [0.2, 0.25) is 0 Å². The molecule has 130 valence electrons. The summed E-state index contributed by atoms with van der Waals surface area (Å²) in [5.41, 5.74) is 1.89. The van der Waals surface area contributed by atoms with Crippen molar-refractivity contribution in [3.05, 3.63) is 29.8 Å². The molecule has 0 bridgehead atoms. The monoisotopic (exact) mass is 332 g/mol. The number of carboxylic acid groups (broad SMARTS) is 1. The largest absolute Gasteiger partial charge is 0.480 e. The molecular formula is C18H24N2O4. The number of rotatable bonds is 7. The molecule has 2 N–H and O–H groups in total. The molecule has 1 heterocycles. The highest BCUT2D eigenvalue weighted by atomic mass is 16.4. The minimum Gasteiger partial charge on any atom is -0.480 e. The van der Waals surface area contributed by atoms with E-state index >= 15 is 0 Å². The molecule has 0 aromatic heterocycles. The number of hydrogen-bond acceptors (Lipinski definition) is 3. The van der Waals surface area contributed by atoms with Crippen molar-refractivity contribution in [3.63, 3.8) is 0 Å². The first-order valence-electron chi connectivity index (χ1n) is 8.39. The zero-order valence-electron chi connectivity index (χ0n) is 14.1. The molecular weight excluding hydrogens is 308 g/mol. The normalized spacial score (nSPS) is 18.5. The highest BCUT2D eigenvalue weighted by molar-refractivity contribution is 6.01. The van der Waals surface area contributed by atoms with Crippen molar-refractivity contribution < 1.29 is 19.5 Å². The second kappa shape index (κ2) is 7.95. The molecule has 1 saturated heterocycles. The molecule has 1 aliphatic rings. The molecule has 1 aromatic rings. The summed E-state index contributed by atoms with van der Waals surface area (Å²) in [6, 6.07) is 6.76. The van der Waals surface area contributed by atoms with Crippen LogP contribution in [0.5, 0.6) is 0 Å². The fraction of sp³-hybridized carbons (Fsp3) is 0.500. The maximum atomic E-state index is 12.4. The Hall–Kier alpha value is -2.37. The first kappa shape index (κ1) is 18.0. The zero-order chi connectivity index (χ0) is 17.7. The van der Waals surface area contributed by atoms with E-state index in [0.717, 1.165) is 17.7 Å². The van der Waals surface area contributed by atoms with E-state index in [1.54, 1.807) is 4.90 Å². The van der Waals surface area contributed by atoms with Gasteiger partial charge < -0.3 is 15.3 Å². The van der Waals surface area contributed by atoms with Crippen molar-refractivity contribution in [2.24, 2.45) is 5.92 Å².